The third kappa shape index (κ3) is 5.12. The molecule has 0 atom stereocenters. The lowest BCUT2D eigenvalue weighted by Gasteiger charge is -2.27. The molecule has 2 aromatic rings. The van der Waals surface area contributed by atoms with Crippen LogP contribution in [0.15, 0.2) is 35.4 Å². The first-order valence-electron chi connectivity index (χ1n) is 9.04. The van der Waals surface area contributed by atoms with Crippen molar-refractivity contribution < 1.29 is 22.0 Å². The Morgan fingerprint density at radius 1 is 1.21 bits per heavy atom. The fraction of sp³-hybridized carbons (Fsp3) is 0.500. The number of alkyl halides is 2. The molecular weight excluding hydrogens is 390 g/mol. The number of benzene rings is 1. The molecule has 1 fully saturated rings. The fourth-order valence-corrected chi connectivity index (χ4v) is 4.51. The lowest BCUT2D eigenvalue weighted by Crippen LogP contribution is -2.26. The molecule has 10 heteroatoms. The molecule has 1 aliphatic rings. The maximum absolute atomic E-state index is 13.2. The van der Waals surface area contributed by atoms with Gasteiger partial charge >= 0.3 is 0 Å². The van der Waals surface area contributed by atoms with Gasteiger partial charge in [0.2, 0.25) is 11.8 Å². The van der Waals surface area contributed by atoms with Gasteiger partial charge in [-0.2, -0.15) is 0 Å². The Hall–Kier alpha value is -2.36. The van der Waals surface area contributed by atoms with E-state index in [4.69, 9.17) is 5.73 Å². The molecule has 152 valence electrons. The van der Waals surface area contributed by atoms with Crippen LogP contribution in [-0.4, -0.2) is 41.0 Å². The largest absolute Gasteiger partial charge is 0.370 e. The zero-order chi connectivity index (χ0) is 20.4. The molecule has 1 aromatic carbocycles. The molecule has 0 saturated heterocycles. The molecule has 2 N–H and O–H groups in total. The van der Waals surface area contributed by atoms with Gasteiger partial charge in [-0.05, 0) is 30.9 Å². The second-order valence-electron chi connectivity index (χ2n) is 7.18. The number of sulfone groups is 1. The highest BCUT2D eigenvalue weighted by Crippen LogP contribution is 2.36. The first-order chi connectivity index (χ1) is 13.1. The van der Waals surface area contributed by atoms with Gasteiger partial charge in [-0.15, -0.1) is 5.10 Å². The Morgan fingerprint density at radius 3 is 2.46 bits per heavy atom. The highest BCUT2D eigenvalue weighted by atomic mass is 32.2. The van der Waals surface area contributed by atoms with E-state index in [1.165, 1.54) is 12.1 Å². The number of nitrogens with zero attached hydrogens (tertiary/aromatic N) is 3. The van der Waals surface area contributed by atoms with Crippen LogP contribution in [0.2, 0.25) is 0 Å². The van der Waals surface area contributed by atoms with Crippen molar-refractivity contribution in [2.24, 2.45) is 11.7 Å². The van der Waals surface area contributed by atoms with Gasteiger partial charge in [0.25, 0.3) is 0 Å². The number of rotatable bonds is 7. The van der Waals surface area contributed by atoms with Crippen LogP contribution in [0.1, 0.15) is 32.1 Å². The number of carbonyl (C=O) groups excluding carboxylic acids is 1. The van der Waals surface area contributed by atoms with Crippen molar-refractivity contribution in [1.29, 1.82) is 0 Å². The van der Waals surface area contributed by atoms with Crippen LogP contribution in [0.3, 0.4) is 0 Å². The molecule has 3 rings (SSSR count). The smallest absolute Gasteiger partial charge is 0.248 e. The quantitative estimate of drug-likeness (QED) is 0.751. The van der Waals surface area contributed by atoms with E-state index in [-0.39, 0.29) is 35.8 Å². The molecule has 28 heavy (non-hydrogen) atoms. The molecule has 0 aliphatic heterocycles. The van der Waals surface area contributed by atoms with Gasteiger partial charge in [0.15, 0.2) is 9.84 Å². The molecule has 1 amide bonds. The van der Waals surface area contributed by atoms with Gasteiger partial charge in [0.05, 0.1) is 16.8 Å². The van der Waals surface area contributed by atoms with Gasteiger partial charge in [-0.3, -0.25) is 9.48 Å². The van der Waals surface area contributed by atoms with Crippen molar-refractivity contribution in [3.8, 4) is 11.3 Å². The maximum atomic E-state index is 13.2. The zero-order valence-electron chi connectivity index (χ0n) is 15.2. The molecule has 7 nitrogen and oxygen atoms in total. The van der Waals surface area contributed by atoms with Crippen LogP contribution in [0.4, 0.5) is 8.78 Å². The maximum Gasteiger partial charge on any atom is 0.248 e. The molecule has 0 bridgehead atoms. The minimum Gasteiger partial charge on any atom is -0.370 e. The van der Waals surface area contributed by atoms with Crippen LogP contribution in [0.5, 0.6) is 0 Å². The summed E-state index contributed by atoms with van der Waals surface area (Å²) < 4.78 is 52.5. The summed E-state index contributed by atoms with van der Waals surface area (Å²) in [6, 6.07) is 6.14. The van der Waals surface area contributed by atoms with Gasteiger partial charge in [0.1, 0.15) is 5.69 Å². The second-order valence-corrected chi connectivity index (χ2v) is 9.29. The van der Waals surface area contributed by atoms with E-state index in [2.05, 4.69) is 10.3 Å². The number of halogens is 2. The first-order valence-corrected chi connectivity index (χ1v) is 10.7. The van der Waals surface area contributed by atoms with Gasteiger partial charge in [0, 0.05) is 31.4 Å². The number of primary amides is 1. The zero-order valence-corrected chi connectivity index (χ0v) is 16.0. The lowest BCUT2D eigenvalue weighted by molar-refractivity contribution is -0.117. The average molecular weight is 412 g/mol. The predicted molar refractivity (Wildman–Crippen MR) is 98.2 cm³/mol. The summed E-state index contributed by atoms with van der Waals surface area (Å²) in [5.74, 6) is -3.41. The SMILES string of the molecule is NC(=O)CCS(=O)(=O)c1ccc(-c2cn(CC3CCC(F)(F)CC3)nn2)cc1. The summed E-state index contributed by atoms with van der Waals surface area (Å²) in [6.07, 6.45) is 2.23. The van der Waals surface area contributed by atoms with Crippen LogP contribution in [0.25, 0.3) is 11.3 Å². The number of nitrogens with two attached hydrogens (primary N) is 1. The van der Waals surface area contributed by atoms with E-state index < -0.39 is 21.7 Å². The third-order valence-electron chi connectivity index (χ3n) is 4.95. The summed E-state index contributed by atoms with van der Waals surface area (Å²) in [5.41, 5.74) is 6.26. The van der Waals surface area contributed by atoms with Crippen LogP contribution >= 0.6 is 0 Å². The Kier molecular flexibility index (Phi) is 5.78. The average Bonchev–Trinajstić information content (AvgIpc) is 3.11. The van der Waals surface area contributed by atoms with Crippen molar-refractivity contribution in [1.82, 2.24) is 15.0 Å². The van der Waals surface area contributed by atoms with Crippen LogP contribution in [0, 0.1) is 5.92 Å². The topological polar surface area (TPSA) is 108 Å². The van der Waals surface area contributed by atoms with Crippen LogP contribution < -0.4 is 5.73 Å². The van der Waals surface area contributed by atoms with E-state index in [1.807, 2.05) is 0 Å². The highest BCUT2D eigenvalue weighted by Gasteiger charge is 2.35. The summed E-state index contributed by atoms with van der Waals surface area (Å²) in [4.78, 5) is 10.9. The molecule has 1 aliphatic carbocycles. The highest BCUT2D eigenvalue weighted by molar-refractivity contribution is 7.91. The second kappa shape index (κ2) is 7.94. The van der Waals surface area contributed by atoms with E-state index in [0.717, 1.165) is 0 Å². The van der Waals surface area contributed by atoms with Crippen molar-refractivity contribution >= 4 is 15.7 Å². The monoisotopic (exact) mass is 412 g/mol. The van der Waals surface area contributed by atoms with Gasteiger partial charge in [-0.1, -0.05) is 17.3 Å². The summed E-state index contributed by atoms with van der Waals surface area (Å²) in [7, 11) is -3.58. The standard InChI is InChI=1S/C18H22F2N4O3S/c19-18(20)8-5-13(6-9-18)11-24-12-16(22-23-24)14-1-3-15(4-2-14)28(26,27)10-7-17(21)25/h1-4,12-13H,5-11H2,(H2,21,25). The normalized spacial score (nSPS) is 17.5. The number of amides is 1. The predicted octanol–water partition coefficient (Wildman–Crippen LogP) is 2.42. The van der Waals surface area contributed by atoms with Gasteiger partial charge in [-0.25, -0.2) is 17.2 Å². The van der Waals surface area contributed by atoms with Crippen molar-refractivity contribution in [3.05, 3.63) is 30.5 Å². The minimum absolute atomic E-state index is 0.0924. The van der Waals surface area contributed by atoms with E-state index in [9.17, 15) is 22.0 Å². The summed E-state index contributed by atoms with van der Waals surface area (Å²) in [6.45, 7) is 0.530. The fourth-order valence-electron chi connectivity index (χ4n) is 3.25. The van der Waals surface area contributed by atoms with E-state index >= 15 is 0 Å². The molecule has 0 spiro atoms. The Balaban J connectivity index is 1.64. The third-order valence-corrected chi connectivity index (χ3v) is 6.68. The molecule has 1 aromatic heterocycles. The van der Waals surface area contributed by atoms with Crippen molar-refractivity contribution in [2.45, 2.75) is 49.5 Å². The van der Waals surface area contributed by atoms with Gasteiger partial charge < -0.3 is 5.73 Å². The van der Waals surface area contributed by atoms with E-state index in [1.54, 1.807) is 23.0 Å². The van der Waals surface area contributed by atoms with E-state index in [0.29, 0.717) is 30.6 Å². The Bertz CT molecular complexity index is 932. The molecular formula is C18H22F2N4O3S. The Morgan fingerprint density at radius 2 is 1.86 bits per heavy atom. The van der Waals surface area contributed by atoms with Crippen LogP contribution in [-0.2, 0) is 21.2 Å². The number of hydrogen-bond donors (Lipinski definition) is 1. The number of carbonyl (C=O) groups is 1. The molecule has 1 heterocycles. The summed E-state index contributed by atoms with van der Waals surface area (Å²) in [5, 5.41) is 8.14. The first kappa shape index (κ1) is 20.4. The lowest BCUT2D eigenvalue weighted by atomic mass is 9.87. The molecule has 0 radical (unpaired) electrons. The summed E-state index contributed by atoms with van der Waals surface area (Å²) >= 11 is 0. The minimum atomic E-state index is -3.58. The Labute approximate surface area is 161 Å². The van der Waals surface area contributed by atoms with Crippen molar-refractivity contribution in [2.75, 3.05) is 5.75 Å². The van der Waals surface area contributed by atoms with Crippen molar-refractivity contribution in [3.63, 3.8) is 0 Å². The molecule has 0 unspecified atom stereocenters. The number of aromatic nitrogens is 3. The molecule has 1 saturated carbocycles. The number of hydrogen-bond acceptors (Lipinski definition) is 5.